The molecule has 1 saturated carbocycles. The highest BCUT2D eigenvalue weighted by Crippen LogP contribution is 2.45. The van der Waals surface area contributed by atoms with Gasteiger partial charge in [0.15, 0.2) is 0 Å². The van der Waals surface area contributed by atoms with Crippen LogP contribution >= 0.6 is 0 Å². The lowest BCUT2D eigenvalue weighted by atomic mass is 9.72. The Morgan fingerprint density at radius 2 is 1.97 bits per heavy atom. The van der Waals surface area contributed by atoms with Crippen molar-refractivity contribution in [3.05, 3.63) is 59.7 Å². The third-order valence-corrected chi connectivity index (χ3v) is 7.52. The number of aryl methyl sites for hydroxylation is 1. The predicted molar refractivity (Wildman–Crippen MR) is 121 cm³/mol. The fraction of sp³-hybridized carbons (Fsp3) is 0.375. The van der Waals surface area contributed by atoms with E-state index in [9.17, 15) is 10.1 Å². The molecule has 2 amide bonds. The second-order valence-corrected chi connectivity index (χ2v) is 9.39. The van der Waals surface area contributed by atoms with E-state index in [1.807, 2.05) is 21.7 Å². The minimum Gasteiger partial charge on any atom is -0.383 e. The molecule has 3 aromatic heterocycles. The molecule has 0 unspecified atom stereocenters. The monoisotopic (exact) mass is 440 g/mol. The first-order valence-electron chi connectivity index (χ1n) is 11.2. The number of aromatic nitrogens is 4. The Bertz CT molecular complexity index is 1280. The first-order valence-corrected chi connectivity index (χ1v) is 11.2. The van der Waals surface area contributed by atoms with Gasteiger partial charge in [0, 0.05) is 54.9 Å². The van der Waals surface area contributed by atoms with E-state index in [0.717, 1.165) is 54.7 Å². The van der Waals surface area contributed by atoms with Gasteiger partial charge in [0.25, 0.3) is 0 Å². The van der Waals surface area contributed by atoms with Gasteiger partial charge in [-0.15, -0.1) is 0 Å². The van der Waals surface area contributed by atoms with Crippen LogP contribution in [0, 0.1) is 11.3 Å². The summed E-state index contributed by atoms with van der Waals surface area (Å²) in [6, 6.07) is 9.86. The van der Waals surface area contributed by atoms with E-state index in [1.165, 1.54) is 0 Å². The van der Waals surface area contributed by atoms with E-state index in [-0.39, 0.29) is 22.8 Å². The summed E-state index contributed by atoms with van der Waals surface area (Å²) in [6.07, 6.45) is 9.22. The number of hydrogen-bond acceptors (Lipinski definition) is 6. The Labute approximate surface area is 191 Å². The molecule has 9 heteroatoms. The van der Waals surface area contributed by atoms with Crippen LogP contribution in [0.25, 0.3) is 11.3 Å². The molecular formula is C24H24N8O. The molecule has 5 heterocycles. The number of nitriles is 1. The number of fused-ring (bicyclic) bond motifs is 2. The lowest BCUT2D eigenvalue weighted by molar-refractivity contribution is 0.0766. The summed E-state index contributed by atoms with van der Waals surface area (Å²) >= 11 is 0. The molecule has 0 aromatic carbocycles. The number of nitrogens with one attached hydrogen (secondary N) is 1. The number of carbonyl (C=O) groups excluding carboxylic acids is 1. The van der Waals surface area contributed by atoms with Crippen molar-refractivity contribution >= 4 is 11.8 Å². The van der Waals surface area contributed by atoms with Gasteiger partial charge < -0.3 is 16.0 Å². The molecule has 2 aliphatic heterocycles. The van der Waals surface area contributed by atoms with Crippen molar-refractivity contribution in [3.8, 4) is 17.3 Å². The molecule has 1 spiro atoms. The lowest BCUT2D eigenvalue weighted by Crippen LogP contribution is -2.65. The van der Waals surface area contributed by atoms with E-state index in [1.54, 1.807) is 24.7 Å². The molecule has 0 radical (unpaired) electrons. The van der Waals surface area contributed by atoms with Gasteiger partial charge in [0.1, 0.15) is 11.9 Å². The largest absolute Gasteiger partial charge is 0.383 e. The molecule has 1 saturated heterocycles. The average Bonchev–Trinajstić information content (AvgIpc) is 3.35. The minimum absolute atomic E-state index is 0.00303. The molecule has 9 nitrogen and oxygen atoms in total. The summed E-state index contributed by atoms with van der Waals surface area (Å²) < 4.78 is 2.03. The highest BCUT2D eigenvalue weighted by Gasteiger charge is 2.52. The molecule has 3 aliphatic rings. The number of pyridine rings is 2. The summed E-state index contributed by atoms with van der Waals surface area (Å²) in [5.41, 5.74) is 9.60. The summed E-state index contributed by atoms with van der Waals surface area (Å²) in [6.45, 7) is 2.18. The van der Waals surface area contributed by atoms with Crippen LogP contribution < -0.4 is 11.1 Å². The van der Waals surface area contributed by atoms with Crippen molar-refractivity contribution in [3.63, 3.8) is 0 Å². The number of amides is 2. The maximum atomic E-state index is 13.1. The van der Waals surface area contributed by atoms with Crippen molar-refractivity contribution in [2.75, 3.05) is 18.8 Å². The summed E-state index contributed by atoms with van der Waals surface area (Å²) in [5, 5.41) is 17.3. The molecule has 6 rings (SSSR count). The number of nitrogens with two attached hydrogens (primary N) is 1. The average molecular weight is 441 g/mol. The fourth-order valence-electron chi connectivity index (χ4n) is 5.43. The molecule has 3 N–H and O–H groups in total. The molecule has 1 aliphatic carbocycles. The number of likely N-dealkylation sites (tertiary alicyclic amines) is 1. The van der Waals surface area contributed by atoms with Crippen LogP contribution in [0.3, 0.4) is 0 Å². The molecule has 166 valence electrons. The Hall–Kier alpha value is -3.93. The maximum Gasteiger partial charge on any atom is 0.318 e. The fourth-order valence-corrected chi connectivity index (χ4v) is 5.43. The Kier molecular flexibility index (Phi) is 4.21. The van der Waals surface area contributed by atoms with Crippen LogP contribution in [0.1, 0.15) is 42.5 Å². The Morgan fingerprint density at radius 3 is 2.67 bits per heavy atom. The molecular weight excluding hydrogens is 416 g/mol. The zero-order chi connectivity index (χ0) is 22.6. The van der Waals surface area contributed by atoms with E-state index < -0.39 is 0 Å². The molecule has 0 bridgehead atoms. The normalized spacial score (nSPS) is 19.3. The Balaban J connectivity index is 1.18. The SMILES string of the molecule is N#Cc1cc(-c2cc3n(n2)CCC32CN(C(=O)NC3(c4ccncc4)CCC3)C2)cnc1N. The molecule has 2 fully saturated rings. The van der Waals surface area contributed by atoms with Crippen LogP contribution in [0.4, 0.5) is 10.6 Å². The molecule has 33 heavy (non-hydrogen) atoms. The van der Waals surface area contributed by atoms with Gasteiger partial charge in [-0.1, -0.05) is 0 Å². The minimum atomic E-state index is -0.270. The van der Waals surface area contributed by atoms with Crippen molar-refractivity contribution < 1.29 is 4.79 Å². The number of urea groups is 1. The van der Waals surface area contributed by atoms with Crippen LogP contribution in [0.2, 0.25) is 0 Å². The standard InChI is InChI=1S/C24H24N8O/c25-12-16-10-17(13-28-21(16)26)19-11-20-23(6-9-32(20)30-19)14-31(15-23)22(33)29-24(4-1-5-24)18-2-7-27-8-3-18/h2-3,7-8,10-11,13H,1,4-6,9,14-15H2,(H2,26,28)(H,29,33). The van der Waals surface area contributed by atoms with Gasteiger partial charge in [-0.05, 0) is 55.5 Å². The van der Waals surface area contributed by atoms with Gasteiger partial charge in [-0.2, -0.15) is 10.4 Å². The summed E-state index contributed by atoms with van der Waals surface area (Å²) in [5.74, 6) is 0.223. The first kappa shape index (κ1) is 19.7. The van der Waals surface area contributed by atoms with E-state index in [4.69, 9.17) is 10.8 Å². The number of hydrogen-bond donors (Lipinski definition) is 2. The van der Waals surface area contributed by atoms with Crippen molar-refractivity contribution in [2.24, 2.45) is 0 Å². The van der Waals surface area contributed by atoms with E-state index in [0.29, 0.717) is 18.7 Å². The van der Waals surface area contributed by atoms with Crippen molar-refractivity contribution in [2.45, 2.75) is 43.2 Å². The predicted octanol–water partition coefficient (Wildman–Crippen LogP) is 2.54. The highest BCUT2D eigenvalue weighted by molar-refractivity contribution is 5.77. The zero-order valence-corrected chi connectivity index (χ0v) is 18.2. The lowest BCUT2D eigenvalue weighted by Gasteiger charge is -2.50. The topological polar surface area (TPSA) is 126 Å². The highest BCUT2D eigenvalue weighted by atomic mass is 16.2. The van der Waals surface area contributed by atoms with Gasteiger partial charge in [-0.3, -0.25) is 9.67 Å². The second kappa shape index (κ2) is 7.04. The van der Waals surface area contributed by atoms with Crippen LogP contribution in [-0.4, -0.2) is 43.8 Å². The van der Waals surface area contributed by atoms with Crippen LogP contribution in [0.5, 0.6) is 0 Å². The van der Waals surface area contributed by atoms with E-state index >= 15 is 0 Å². The van der Waals surface area contributed by atoms with E-state index in [2.05, 4.69) is 27.4 Å². The first-order chi connectivity index (χ1) is 16.0. The smallest absolute Gasteiger partial charge is 0.318 e. The second-order valence-electron chi connectivity index (χ2n) is 9.39. The Morgan fingerprint density at radius 1 is 1.18 bits per heavy atom. The number of nitrogens with zero attached hydrogens (tertiary/aromatic N) is 6. The number of anilines is 1. The third kappa shape index (κ3) is 2.98. The van der Waals surface area contributed by atoms with Gasteiger partial charge in [0.05, 0.1) is 16.8 Å². The number of carbonyl (C=O) groups is 1. The summed E-state index contributed by atoms with van der Waals surface area (Å²) in [4.78, 5) is 23.3. The quantitative estimate of drug-likeness (QED) is 0.645. The van der Waals surface area contributed by atoms with Gasteiger partial charge in [0.2, 0.25) is 0 Å². The summed E-state index contributed by atoms with van der Waals surface area (Å²) in [7, 11) is 0. The van der Waals surface area contributed by atoms with Crippen LogP contribution in [0.15, 0.2) is 42.9 Å². The molecule has 0 atom stereocenters. The van der Waals surface area contributed by atoms with Gasteiger partial charge in [-0.25, -0.2) is 9.78 Å². The third-order valence-electron chi connectivity index (χ3n) is 7.52. The maximum absolute atomic E-state index is 13.1. The number of nitrogen functional groups attached to an aromatic ring is 1. The van der Waals surface area contributed by atoms with Crippen molar-refractivity contribution in [1.29, 1.82) is 5.26 Å². The van der Waals surface area contributed by atoms with Gasteiger partial charge >= 0.3 is 6.03 Å². The zero-order valence-electron chi connectivity index (χ0n) is 18.2. The molecule has 3 aromatic rings. The van der Waals surface area contributed by atoms with Crippen molar-refractivity contribution in [1.82, 2.24) is 30.0 Å². The number of rotatable bonds is 3. The van der Waals surface area contributed by atoms with Crippen LogP contribution in [-0.2, 0) is 17.5 Å².